The molecule has 1 saturated heterocycles. The van der Waals surface area contributed by atoms with E-state index in [2.05, 4.69) is 14.0 Å². The van der Waals surface area contributed by atoms with Gasteiger partial charge in [0.25, 0.3) is 5.91 Å². The van der Waals surface area contributed by atoms with E-state index < -0.39 is 11.2 Å². The van der Waals surface area contributed by atoms with Crippen LogP contribution in [0.15, 0.2) is 54.7 Å². The first-order valence-electron chi connectivity index (χ1n) is 10.9. The molecule has 0 N–H and O–H groups in total. The van der Waals surface area contributed by atoms with Crippen LogP contribution < -0.4 is 14.2 Å². The molecular formula is C25H23ClF2N2O4. The van der Waals surface area contributed by atoms with Crippen molar-refractivity contribution in [2.24, 2.45) is 0 Å². The SMILES string of the molecule is COc1ccc(-n2cccc2C2(Cl)CCN(C(=O)c3ccc4c(c3)OC(F)(F)O4)CC2)c(C)c1. The highest BCUT2D eigenvalue weighted by molar-refractivity contribution is 6.24. The monoisotopic (exact) mass is 488 g/mol. The van der Waals surface area contributed by atoms with E-state index >= 15 is 0 Å². The molecule has 0 bridgehead atoms. The lowest BCUT2D eigenvalue weighted by molar-refractivity contribution is -0.286. The van der Waals surface area contributed by atoms with Gasteiger partial charge >= 0.3 is 6.29 Å². The molecule has 1 fully saturated rings. The Kier molecular flexibility index (Phi) is 5.43. The summed E-state index contributed by atoms with van der Waals surface area (Å²) in [4.78, 5) is 14.1. The third-order valence-corrected chi connectivity index (χ3v) is 6.93. The number of carbonyl (C=O) groups is 1. The highest BCUT2D eigenvalue weighted by atomic mass is 35.5. The summed E-state index contributed by atoms with van der Waals surface area (Å²) in [5.41, 5.74) is 3.29. The Morgan fingerprint density at radius 2 is 1.79 bits per heavy atom. The van der Waals surface area contributed by atoms with Gasteiger partial charge in [-0.05, 0) is 73.9 Å². The van der Waals surface area contributed by atoms with Gasteiger partial charge in [-0.25, -0.2) is 0 Å². The number of piperidine rings is 1. The third-order valence-electron chi connectivity index (χ3n) is 6.36. The average molecular weight is 489 g/mol. The maximum atomic E-state index is 13.3. The van der Waals surface area contributed by atoms with Crippen molar-refractivity contribution in [2.45, 2.75) is 30.9 Å². The zero-order valence-corrected chi connectivity index (χ0v) is 19.4. The summed E-state index contributed by atoms with van der Waals surface area (Å²) < 4.78 is 42.9. The molecule has 0 spiro atoms. The fraction of sp³-hybridized carbons (Fsp3) is 0.320. The Balaban J connectivity index is 1.32. The number of hydrogen-bond acceptors (Lipinski definition) is 4. The first-order chi connectivity index (χ1) is 16.2. The van der Waals surface area contributed by atoms with Crippen LogP contribution >= 0.6 is 11.6 Å². The fourth-order valence-corrected chi connectivity index (χ4v) is 4.89. The van der Waals surface area contributed by atoms with Crippen molar-refractivity contribution in [3.63, 3.8) is 0 Å². The molecule has 34 heavy (non-hydrogen) atoms. The quantitative estimate of drug-likeness (QED) is 0.456. The molecule has 0 atom stereocenters. The van der Waals surface area contributed by atoms with Crippen molar-refractivity contribution in [1.82, 2.24) is 9.47 Å². The molecule has 3 heterocycles. The number of aryl methyl sites for hydroxylation is 1. The number of rotatable bonds is 4. The molecule has 178 valence electrons. The molecule has 2 aromatic carbocycles. The fourth-order valence-electron chi connectivity index (χ4n) is 4.57. The number of carbonyl (C=O) groups excluding carboxylic acids is 1. The van der Waals surface area contributed by atoms with E-state index in [1.165, 1.54) is 18.2 Å². The van der Waals surface area contributed by atoms with E-state index in [0.29, 0.717) is 25.9 Å². The van der Waals surface area contributed by atoms with Gasteiger partial charge in [0.2, 0.25) is 0 Å². The van der Waals surface area contributed by atoms with E-state index in [1.54, 1.807) is 12.0 Å². The zero-order chi connectivity index (χ0) is 24.1. The van der Waals surface area contributed by atoms with E-state index in [0.717, 1.165) is 22.7 Å². The van der Waals surface area contributed by atoms with Crippen LogP contribution in [0.4, 0.5) is 8.78 Å². The van der Waals surface area contributed by atoms with Crippen LogP contribution in [0.3, 0.4) is 0 Å². The Bertz CT molecular complexity index is 1250. The Hall–Kier alpha value is -3.26. The standard InChI is InChI=1S/C25H23ClF2N2O4/c1-16-14-18(32-2)6-7-19(16)30-11-3-4-22(30)24(26)9-12-29(13-10-24)23(31)17-5-8-20-21(15-17)34-25(27,28)33-20/h3-8,11,14-15H,9-10,12-13H2,1-2H3. The minimum absolute atomic E-state index is 0.0884. The Morgan fingerprint density at radius 3 is 2.50 bits per heavy atom. The van der Waals surface area contributed by atoms with E-state index in [-0.39, 0.29) is 23.0 Å². The molecule has 2 aliphatic heterocycles. The maximum absolute atomic E-state index is 13.3. The van der Waals surface area contributed by atoms with Crippen LogP contribution in [-0.4, -0.2) is 41.9 Å². The summed E-state index contributed by atoms with van der Waals surface area (Å²) in [6, 6.07) is 13.9. The molecule has 0 radical (unpaired) electrons. The lowest BCUT2D eigenvalue weighted by atomic mass is 9.91. The van der Waals surface area contributed by atoms with Gasteiger partial charge in [-0.15, -0.1) is 20.4 Å². The molecule has 0 aliphatic carbocycles. The van der Waals surface area contributed by atoms with Crippen molar-refractivity contribution in [2.75, 3.05) is 20.2 Å². The summed E-state index contributed by atoms with van der Waals surface area (Å²) in [7, 11) is 1.64. The van der Waals surface area contributed by atoms with Crippen LogP contribution in [0.1, 0.15) is 34.5 Å². The molecular weight excluding hydrogens is 466 g/mol. The number of ether oxygens (including phenoxy) is 3. The number of halogens is 3. The van der Waals surface area contributed by atoms with Gasteiger partial charge < -0.3 is 23.7 Å². The number of amides is 1. The minimum Gasteiger partial charge on any atom is -0.497 e. The smallest absolute Gasteiger partial charge is 0.497 e. The predicted octanol–water partition coefficient (Wildman–Crippen LogP) is 5.49. The minimum atomic E-state index is -3.72. The van der Waals surface area contributed by atoms with Crippen molar-refractivity contribution in [3.05, 3.63) is 71.5 Å². The van der Waals surface area contributed by atoms with E-state index in [1.807, 2.05) is 43.5 Å². The second-order valence-corrected chi connectivity index (χ2v) is 9.23. The predicted molar refractivity (Wildman–Crippen MR) is 122 cm³/mol. The molecule has 5 rings (SSSR count). The van der Waals surface area contributed by atoms with Crippen molar-refractivity contribution in [1.29, 1.82) is 0 Å². The van der Waals surface area contributed by atoms with Crippen LogP contribution in [-0.2, 0) is 4.87 Å². The molecule has 0 saturated carbocycles. The topological polar surface area (TPSA) is 52.9 Å². The van der Waals surface area contributed by atoms with Gasteiger partial charge in [0.15, 0.2) is 11.5 Å². The molecule has 3 aromatic rings. The number of aromatic nitrogens is 1. The summed E-state index contributed by atoms with van der Waals surface area (Å²) in [5.74, 6) is 0.290. The number of alkyl halides is 3. The van der Waals surface area contributed by atoms with Crippen LogP contribution in [0, 0.1) is 6.92 Å². The Morgan fingerprint density at radius 1 is 1.06 bits per heavy atom. The van der Waals surface area contributed by atoms with Gasteiger partial charge in [0, 0.05) is 36.2 Å². The van der Waals surface area contributed by atoms with Gasteiger partial charge in [0.05, 0.1) is 12.0 Å². The number of likely N-dealkylation sites (tertiary alicyclic amines) is 1. The van der Waals surface area contributed by atoms with Gasteiger partial charge in [-0.2, -0.15) is 0 Å². The molecule has 0 unspecified atom stereocenters. The van der Waals surface area contributed by atoms with Crippen molar-refractivity contribution < 1.29 is 27.8 Å². The van der Waals surface area contributed by atoms with Crippen LogP contribution in [0.5, 0.6) is 17.2 Å². The number of methoxy groups -OCH3 is 1. The first kappa shape index (κ1) is 22.5. The van der Waals surface area contributed by atoms with Gasteiger partial charge in [-0.3, -0.25) is 4.79 Å². The number of nitrogens with zero attached hydrogens (tertiary/aromatic N) is 2. The van der Waals surface area contributed by atoms with Gasteiger partial charge in [0.1, 0.15) is 5.75 Å². The summed E-state index contributed by atoms with van der Waals surface area (Å²) in [6.45, 7) is 2.88. The molecule has 6 nitrogen and oxygen atoms in total. The highest BCUT2D eigenvalue weighted by Gasteiger charge is 2.44. The number of benzene rings is 2. The molecule has 2 aliphatic rings. The summed E-state index contributed by atoms with van der Waals surface area (Å²) in [5, 5.41) is 0. The van der Waals surface area contributed by atoms with Gasteiger partial charge in [-0.1, -0.05) is 0 Å². The average Bonchev–Trinajstić information content (AvgIpc) is 3.42. The molecule has 1 amide bonds. The third kappa shape index (κ3) is 3.96. The largest absolute Gasteiger partial charge is 0.586 e. The van der Waals surface area contributed by atoms with Crippen LogP contribution in [0.25, 0.3) is 5.69 Å². The van der Waals surface area contributed by atoms with E-state index in [4.69, 9.17) is 16.3 Å². The van der Waals surface area contributed by atoms with Crippen molar-refractivity contribution in [3.8, 4) is 22.9 Å². The maximum Gasteiger partial charge on any atom is 0.586 e. The zero-order valence-electron chi connectivity index (χ0n) is 18.7. The highest BCUT2D eigenvalue weighted by Crippen LogP contribution is 2.43. The molecule has 1 aromatic heterocycles. The summed E-state index contributed by atoms with van der Waals surface area (Å²) >= 11 is 7.13. The Labute approximate surface area is 200 Å². The first-order valence-corrected chi connectivity index (χ1v) is 11.3. The van der Waals surface area contributed by atoms with Crippen molar-refractivity contribution >= 4 is 17.5 Å². The number of fused-ring (bicyclic) bond motifs is 1. The number of hydrogen-bond donors (Lipinski definition) is 0. The molecule has 9 heteroatoms. The normalized spacial score (nSPS) is 18.1. The lowest BCUT2D eigenvalue weighted by Crippen LogP contribution is -2.43. The van der Waals surface area contributed by atoms with E-state index in [9.17, 15) is 13.6 Å². The summed E-state index contributed by atoms with van der Waals surface area (Å²) in [6.07, 6.45) is -0.650. The van der Waals surface area contributed by atoms with Crippen LogP contribution in [0.2, 0.25) is 0 Å². The second-order valence-electron chi connectivity index (χ2n) is 8.50. The lowest BCUT2D eigenvalue weighted by Gasteiger charge is -2.38. The second kappa shape index (κ2) is 8.20.